The average molecular weight is 347 g/mol. The van der Waals surface area contributed by atoms with Crippen LogP contribution in [0.15, 0.2) is 60.1 Å². The van der Waals surface area contributed by atoms with E-state index in [9.17, 15) is 4.79 Å². The van der Waals surface area contributed by atoms with E-state index in [1.807, 2.05) is 60.8 Å². The maximum absolute atomic E-state index is 12.5. The fourth-order valence-electron chi connectivity index (χ4n) is 2.99. The van der Waals surface area contributed by atoms with Gasteiger partial charge in [0.2, 0.25) is 5.91 Å². The van der Waals surface area contributed by atoms with Crippen LogP contribution < -0.4 is 5.32 Å². The molecule has 1 amide bonds. The highest BCUT2D eigenvalue weighted by Gasteiger charge is 2.12. The van der Waals surface area contributed by atoms with Crippen molar-refractivity contribution in [3.63, 3.8) is 0 Å². The van der Waals surface area contributed by atoms with Gasteiger partial charge >= 0.3 is 0 Å². The number of amides is 1. The molecule has 0 atom stereocenters. The van der Waals surface area contributed by atoms with Gasteiger partial charge in [0.05, 0.1) is 6.42 Å². The zero-order valence-electron chi connectivity index (χ0n) is 13.7. The highest BCUT2D eigenvalue weighted by atomic mass is 32.1. The summed E-state index contributed by atoms with van der Waals surface area (Å²) in [5.41, 5.74) is 5.00. The van der Waals surface area contributed by atoms with Crippen LogP contribution in [-0.2, 0) is 11.2 Å². The van der Waals surface area contributed by atoms with Crippen LogP contribution in [0.1, 0.15) is 11.3 Å². The lowest BCUT2D eigenvalue weighted by Gasteiger charge is -2.06. The van der Waals surface area contributed by atoms with Crippen molar-refractivity contribution in [3.05, 3.63) is 71.4 Å². The Bertz CT molecular complexity index is 1020. The van der Waals surface area contributed by atoms with Gasteiger partial charge in [-0.05, 0) is 42.8 Å². The van der Waals surface area contributed by atoms with E-state index in [1.165, 1.54) is 0 Å². The molecule has 2 aromatic heterocycles. The first-order valence-electron chi connectivity index (χ1n) is 8.06. The van der Waals surface area contributed by atoms with E-state index in [-0.39, 0.29) is 5.91 Å². The molecule has 0 fully saturated rings. The summed E-state index contributed by atoms with van der Waals surface area (Å²) in [6, 6.07) is 15.8. The van der Waals surface area contributed by atoms with Gasteiger partial charge < -0.3 is 10.3 Å². The molecule has 0 radical (unpaired) electrons. The van der Waals surface area contributed by atoms with Gasteiger partial charge in [0, 0.05) is 39.4 Å². The molecule has 124 valence electrons. The van der Waals surface area contributed by atoms with Gasteiger partial charge in [-0.2, -0.15) is 0 Å². The predicted molar refractivity (Wildman–Crippen MR) is 103 cm³/mol. The van der Waals surface area contributed by atoms with E-state index in [2.05, 4.69) is 15.3 Å². The van der Waals surface area contributed by atoms with Crippen LogP contribution >= 0.6 is 11.3 Å². The van der Waals surface area contributed by atoms with Crippen molar-refractivity contribution >= 4 is 33.8 Å². The van der Waals surface area contributed by atoms with Crippen molar-refractivity contribution in [1.82, 2.24) is 9.97 Å². The lowest BCUT2D eigenvalue weighted by Crippen LogP contribution is -2.14. The molecule has 2 N–H and O–H groups in total. The van der Waals surface area contributed by atoms with Gasteiger partial charge in [-0.15, -0.1) is 11.3 Å². The molecule has 25 heavy (non-hydrogen) atoms. The number of para-hydroxylation sites is 1. The Morgan fingerprint density at radius 1 is 1.16 bits per heavy atom. The number of nitrogens with one attached hydrogen (secondary N) is 2. The summed E-state index contributed by atoms with van der Waals surface area (Å²) in [5, 5.41) is 7.01. The number of rotatable bonds is 4. The summed E-state index contributed by atoms with van der Waals surface area (Å²) in [4.78, 5) is 20.1. The minimum atomic E-state index is -0.0187. The molecule has 0 saturated carbocycles. The number of aryl methyl sites for hydroxylation is 1. The second-order valence-electron chi connectivity index (χ2n) is 5.91. The molecule has 4 rings (SSSR count). The molecule has 0 aliphatic rings. The number of aromatic nitrogens is 2. The molecule has 2 heterocycles. The molecular weight excluding hydrogens is 330 g/mol. The van der Waals surface area contributed by atoms with Gasteiger partial charge in [-0.1, -0.05) is 18.2 Å². The van der Waals surface area contributed by atoms with Gasteiger partial charge in [0.25, 0.3) is 0 Å². The molecule has 0 aliphatic carbocycles. The van der Waals surface area contributed by atoms with Gasteiger partial charge in [0.15, 0.2) is 0 Å². The van der Waals surface area contributed by atoms with Crippen LogP contribution in [0.25, 0.3) is 21.5 Å². The van der Waals surface area contributed by atoms with Gasteiger partial charge in [-0.25, -0.2) is 4.98 Å². The van der Waals surface area contributed by atoms with Crippen molar-refractivity contribution in [2.24, 2.45) is 0 Å². The normalized spacial score (nSPS) is 10.9. The fourth-order valence-corrected chi connectivity index (χ4v) is 3.63. The molecule has 0 bridgehead atoms. The Morgan fingerprint density at radius 2 is 1.96 bits per heavy atom. The summed E-state index contributed by atoms with van der Waals surface area (Å²) in [7, 11) is 0. The van der Waals surface area contributed by atoms with Crippen LogP contribution in [0.4, 0.5) is 5.69 Å². The van der Waals surface area contributed by atoms with E-state index in [0.717, 1.165) is 38.4 Å². The summed E-state index contributed by atoms with van der Waals surface area (Å²) >= 11 is 1.60. The number of carbonyl (C=O) groups excluding carboxylic acids is 1. The first-order valence-corrected chi connectivity index (χ1v) is 8.94. The molecular formula is C20H17N3OS. The molecule has 4 aromatic rings. The fraction of sp³-hybridized carbons (Fsp3) is 0.100. The number of hydrogen-bond acceptors (Lipinski definition) is 3. The standard InChI is InChI=1S/C20H17N3OS/c1-13-17(16-4-2-3-5-18(16)22-13)12-19(24)23-15-8-6-14(7-9-15)20-21-10-11-25-20/h2-11,22H,12H2,1H3,(H,23,24). The smallest absolute Gasteiger partial charge is 0.228 e. The summed E-state index contributed by atoms with van der Waals surface area (Å²) in [6.45, 7) is 2.01. The second kappa shape index (κ2) is 6.53. The van der Waals surface area contributed by atoms with E-state index >= 15 is 0 Å². The van der Waals surface area contributed by atoms with E-state index < -0.39 is 0 Å². The second-order valence-corrected chi connectivity index (χ2v) is 6.81. The third-order valence-corrected chi connectivity index (χ3v) is 5.03. The van der Waals surface area contributed by atoms with Crippen molar-refractivity contribution < 1.29 is 4.79 Å². The largest absolute Gasteiger partial charge is 0.358 e. The van der Waals surface area contributed by atoms with Crippen LogP contribution in [0.5, 0.6) is 0 Å². The van der Waals surface area contributed by atoms with E-state index in [4.69, 9.17) is 0 Å². The Balaban J connectivity index is 1.49. The molecule has 0 saturated heterocycles. The van der Waals surface area contributed by atoms with Gasteiger partial charge in [0.1, 0.15) is 5.01 Å². The van der Waals surface area contributed by atoms with Crippen molar-refractivity contribution in [3.8, 4) is 10.6 Å². The molecule has 0 spiro atoms. The van der Waals surface area contributed by atoms with Gasteiger partial charge in [-0.3, -0.25) is 4.79 Å². The van der Waals surface area contributed by atoms with Crippen LogP contribution in [0, 0.1) is 6.92 Å². The third kappa shape index (κ3) is 3.19. The number of nitrogens with zero attached hydrogens (tertiary/aromatic N) is 1. The van der Waals surface area contributed by atoms with Crippen molar-refractivity contribution in [1.29, 1.82) is 0 Å². The van der Waals surface area contributed by atoms with Crippen LogP contribution in [0.2, 0.25) is 0 Å². The first-order chi connectivity index (χ1) is 12.2. The number of benzene rings is 2. The maximum atomic E-state index is 12.5. The Hall–Kier alpha value is -2.92. The molecule has 4 nitrogen and oxygen atoms in total. The third-order valence-electron chi connectivity index (χ3n) is 4.21. The number of thiazole rings is 1. The number of aromatic amines is 1. The minimum Gasteiger partial charge on any atom is -0.358 e. The summed E-state index contributed by atoms with van der Waals surface area (Å²) < 4.78 is 0. The van der Waals surface area contributed by atoms with Crippen LogP contribution in [-0.4, -0.2) is 15.9 Å². The number of H-pyrrole nitrogens is 1. The molecule has 0 aliphatic heterocycles. The Morgan fingerprint density at radius 3 is 2.72 bits per heavy atom. The lowest BCUT2D eigenvalue weighted by atomic mass is 10.1. The molecule has 0 unspecified atom stereocenters. The predicted octanol–water partition coefficient (Wildman–Crippen LogP) is 4.78. The number of hydrogen-bond donors (Lipinski definition) is 2. The number of fused-ring (bicyclic) bond motifs is 1. The molecule has 2 aromatic carbocycles. The van der Waals surface area contributed by atoms with E-state index in [0.29, 0.717) is 6.42 Å². The maximum Gasteiger partial charge on any atom is 0.228 e. The monoisotopic (exact) mass is 347 g/mol. The molecule has 5 heteroatoms. The van der Waals surface area contributed by atoms with E-state index in [1.54, 1.807) is 17.5 Å². The summed E-state index contributed by atoms with van der Waals surface area (Å²) in [5.74, 6) is -0.0187. The lowest BCUT2D eigenvalue weighted by molar-refractivity contribution is -0.115. The number of carbonyl (C=O) groups is 1. The zero-order valence-corrected chi connectivity index (χ0v) is 14.6. The summed E-state index contributed by atoms with van der Waals surface area (Å²) in [6.07, 6.45) is 2.14. The SMILES string of the molecule is Cc1[nH]c2ccccc2c1CC(=O)Nc1ccc(-c2nccs2)cc1. The zero-order chi connectivity index (χ0) is 17.2. The average Bonchev–Trinajstić information content (AvgIpc) is 3.25. The van der Waals surface area contributed by atoms with Crippen LogP contribution in [0.3, 0.4) is 0 Å². The quantitative estimate of drug-likeness (QED) is 0.558. The topological polar surface area (TPSA) is 57.8 Å². The Labute approximate surface area is 149 Å². The first kappa shape index (κ1) is 15.6. The highest BCUT2D eigenvalue weighted by molar-refractivity contribution is 7.13. The highest BCUT2D eigenvalue weighted by Crippen LogP contribution is 2.24. The van der Waals surface area contributed by atoms with Crippen molar-refractivity contribution in [2.45, 2.75) is 13.3 Å². The number of anilines is 1. The van der Waals surface area contributed by atoms with Crippen molar-refractivity contribution in [2.75, 3.05) is 5.32 Å². The minimum absolute atomic E-state index is 0.0187. The Kier molecular flexibility index (Phi) is 4.07.